The molecular formula is C11H12O3. The van der Waals surface area contributed by atoms with Crippen molar-refractivity contribution in [1.82, 2.24) is 0 Å². The van der Waals surface area contributed by atoms with Gasteiger partial charge in [0.05, 0.1) is 0 Å². The zero-order valence-electron chi connectivity index (χ0n) is 7.81. The van der Waals surface area contributed by atoms with Gasteiger partial charge in [0.2, 0.25) is 5.79 Å². The van der Waals surface area contributed by atoms with Crippen molar-refractivity contribution in [2.45, 2.75) is 31.3 Å². The van der Waals surface area contributed by atoms with Crippen molar-refractivity contribution in [1.29, 1.82) is 0 Å². The third-order valence-electron chi connectivity index (χ3n) is 2.77. The van der Waals surface area contributed by atoms with Gasteiger partial charge in [-0.2, -0.15) is 4.89 Å². The number of hydrogen-bond donors (Lipinski definition) is 0. The molecule has 0 spiro atoms. The molecule has 14 heavy (non-hydrogen) atoms. The summed E-state index contributed by atoms with van der Waals surface area (Å²) in [5.41, 5.74) is 1.04. The van der Waals surface area contributed by atoms with E-state index in [1.807, 2.05) is 30.3 Å². The number of fused-ring (bicyclic) bond motifs is 2. The third kappa shape index (κ3) is 1.17. The number of hydrogen-bond acceptors (Lipinski definition) is 3. The van der Waals surface area contributed by atoms with Gasteiger partial charge >= 0.3 is 0 Å². The summed E-state index contributed by atoms with van der Waals surface area (Å²) >= 11 is 0. The van der Waals surface area contributed by atoms with Gasteiger partial charge in [0.1, 0.15) is 0 Å². The summed E-state index contributed by atoms with van der Waals surface area (Å²) in [5, 5.41) is 0. The Labute approximate surface area is 82.5 Å². The van der Waals surface area contributed by atoms with E-state index < -0.39 is 5.79 Å². The van der Waals surface area contributed by atoms with Gasteiger partial charge in [-0.3, -0.25) is 0 Å². The van der Waals surface area contributed by atoms with Crippen molar-refractivity contribution in [3.05, 3.63) is 35.9 Å². The molecule has 0 radical (unpaired) electrons. The molecule has 2 atom stereocenters. The zero-order chi connectivity index (χ0) is 9.43. The molecule has 2 saturated heterocycles. The highest BCUT2D eigenvalue weighted by Crippen LogP contribution is 2.44. The van der Waals surface area contributed by atoms with Crippen LogP contribution in [-0.4, -0.2) is 6.29 Å². The summed E-state index contributed by atoms with van der Waals surface area (Å²) in [7, 11) is 0. The van der Waals surface area contributed by atoms with Crippen LogP contribution in [0.15, 0.2) is 30.3 Å². The van der Waals surface area contributed by atoms with Gasteiger partial charge in [-0.15, -0.1) is 0 Å². The fraction of sp³-hybridized carbons (Fsp3) is 0.455. The van der Waals surface area contributed by atoms with Crippen LogP contribution in [0.4, 0.5) is 0 Å². The predicted octanol–water partition coefficient (Wildman–Crippen LogP) is 2.33. The Balaban J connectivity index is 1.97. The third-order valence-corrected chi connectivity index (χ3v) is 2.77. The lowest BCUT2D eigenvalue weighted by Gasteiger charge is -2.28. The Kier molecular flexibility index (Phi) is 1.83. The first kappa shape index (κ1) is 8.41. The number of benzene rings is 1. The Morgan fingerprint density at radius 2 is 2.07 bits per heavy atom. The Morgan fingerprint density at radius 1 is 1.21 bits per heavy atom. The summed E-state index contributed by atoms with van der Waals surface area (Å²) in [6.45, 7) is 0. The van der Waals surface area contributed by atoms with Gasteiger partial charge in [0.15, 0.2) is 6.29 Å². The maximum atomic E-state index is 5.73. The van der Waals surface area contributed by atoms with Crippen LogP contribution in [0, 0.1) is 0 Å². The highest BCUT2D eigenvalue weighted by molar-refractivity contribution is 5.21. The van der Waals surface area contributed by atoms with Crippen LogP contribution in [0.3, 0.4) is 0 Å². The van der Waals surface area contributed by atoms with E-state index in [1.54, 1.807) is 0 Å². The van der Waals surface area contributed by atoms with Crippen LogP contribution in [-0.2, 0) is 20.3 Å². The normalized spacial score (nSPS) is 35.9. The summed E-state index contributed by atoms with van der Waals surface area (Å²) in [6, 6.07) is 9.97. The standard InChI is InChI=1S/C11H12O3/c1-2-5-9(6-3-1)11-8-4-7-10(12-11)13-14-11/h1-3,5-6,10H,4,7-8H2. The molecule has 2 fully saturated rings. The smallest absolute Gasteiger partial charge is 0.230 e. The van der Waals surface area contributed by atoms with E-state index in [-0.39, 0.29) is 6.29 Å². The van der Waals surface area contributed by atoms with Crippen LogP contribution in [0.25, 0.3) is 0 Å². The molecule has 2 unspecified atom stereocenters. The molecule has 0 aromatic heterocycles. The van der Waals surface area contributed by atoms with Gasteiger partial charge in [0, 0.05) is 18.4 Å². The molecule has 2 aliphatic rings. The molecule has 1 aromatic carbocycles. The van der Waals surface area contributed by atoms with Gasteiger partial charge < -0.3 is 4.74 Å². The van der Waals surface area contributed by atoms with Crippen molar-refractivity contribution in [2.75, 3.05) is 0 Å². The van der Waals surface area contributed by atoms with Crippen molar-refractivity contribution in [2.24, 2.45) is 0 Å². The minimum absolute atomic E-state index is 0.177. The minimum Gasteiger partial charge on any atom is -0.311 e. The molecule has 0 amide bonds. The van der Waals surface area contributed by atoms with Gasteiger partial charge in [-0.1, -0.05) is 30.3 Å². The average Bonchev–Trinajstić information content (AvgIpc) is 2.57. The van der Waals surface area contributed by atoms with Crippen LogP contribution in [0.1, 0.15) is 24.8 Å². The topological polar surface area (TPSA) is 27.7 Å². The first-order valence-electron chi connectivity index (χ1n) is 4.97. The first-order chi connectivity index (χ1) is 6.89. The van der Waals surface area contributed by atoms with Crippen LogP contribution < -0.4 is 0 Å². The SMILES string of the molecule is c1ccc(C23CCCC(OO2)O3)cc1. The second-order valence-electron chi connectivity index (χ2n) is 3.74. The van der Waals surface area contributed by atoms with Crippen LogP contribution in [0.5, 0.6) is 0 Å². The molecule has 1 aromatic rings. The molecule has 3 heteroatoms. The van der Waals surface area contributed by atoms with E-state index in [2.05, 4.69) is 0 Å². The summed E-state index contributed by atoms with van der Waals surface area (Å²) in [6.07, 6.45) is 2.70. The quantitative estimate of drug-likeness (QED) is 0.639. The summed E-state index contributed by atoms with van der Waals surface area (Å²) in [5.74, 6) is -0.635. The van der Waals surface area contributed by atoms with Crippen molar-refractivity contribution in [3.8, 4) is 0 Å². The highest BCUT2D eigenvalue weighted by Gasteiger charge is 2.47. The molecule has 3 nitrogen and oxygen atoms in total. The van der Waals surface area contributed by atoms with Gasteiger partial charge in [-0.25, -0.2) is 4.89 Å². The predicted molar refractivity (Wildman–Crippen MR) is 49.0 cm³/mol. The fourth-order valence-corrected chi connectivity index (χ4v) is 2.04. The van der Waals surface area contributed by atoms with E-state index in [4.69, 9.17) is 14.5 Å². The van der Waals surface area contributed by atoms with Crippen LogP contribution >= 0.6 is 0 Å². The molecule has 2 bridgehead atoms. The van der Waals surface area contributed by atoms with E-state index in [0.29, 0.717) is 0 Å². The van der Waals surface area contributed by atoms with Crippen molar-refractivity contribution < 1.29 is 14.5 Å². The van der Waals surface area contributed by atoms with Crippen molar-refractivity contribution >= 4 is 0 Å². The fourth-order valence-electron chi connectivity index (χ4n) is 2.04. The molecule has 2 aliphatic heterocycles. The maximum absolute atomic E-state index is 5.73. The Bertz CT molecular complexity index is 321. The van der Waals surface area contributed by atoms with Crippen molar-refractivity contribution in [3.63, 3.8) is 0 Å². The molecule has 74 valence electrons. The van der Waals surface area contributed by atoms with E-state index in [9.17, 15) is 0 Å². The largest absolute Gasteiger partial charge is 0.311 e. The van der Waals surface area contributed by atoms with E-state index in [1.165, 1.54) is 0 Å². The summed E-state index contributed by atoms with van der Waals surface area (Å²) < 4.78 is 5.73. The average molecular weight is 192 g/mol. The van der Waals surface area contributed by atoms with Gasteiger partial charge in [0.25, 0.3) is 0 Å². The Hall–Kier alpha value is -0.900. The molecule has 2 heterocycles. The minimum atomic E-state index is -0.635. The van der Waals surface area contributed by atoms with Gasteiger partial charge in [-0.05, 0) is 6.42 Å². The lowest BCUT2D eigenvalue weighted by molar-refractivity contribution is -0.331. The molecule has 0 saturated carbocycles. The van der Waals surface area contributed by atoms with E-state index in [0.717, 1.165) is 24.8 Å². The molecule has 0 N–H and O–H groups in total. The van der Waals surface area contributed by atoms with Crippen LogP contribution in [0.2, 0.25) is 0 Å². The number of rotatable bonds is 1. The lowest BCUT2D eigenvalue weighted by atomic mass is 9.97. The first-order valence-corrected chi connectivity index (χ1v) is 4.97. The highest BCUT2D eigenvalue weighted by atomic mass is 17.3. The zero-order valence-corrected chi connectivity index (χ0v) is 7.81. The second-order valence-corrected chi connectivity index (χ2v) is 3.74. The maximum Gasteiger partial charge on any atom is 0.230 e. The monoisotopic (exact) mass is 192 g/mol. The summed E-state index contributed by atoms with van der Waals surface area (Å²) in [4.78, 5) is 10.4. The second kappa shape index (κ2) is 3.05. The number of ether oxygens (including phenoxy) is 1. The molecule has 0 aliphatic carbocycles. The molecular weight excluding hydrogens is 180 g/mol. The molecule has 3 rings (SSSR count). The van der Waals surface area contributed by atoms with E-state index >= 15 is 0 Å². The lowest BCUT2D eigenvalue weighted by Crippen LogP contribution is -2.31. The Morgan fingerprint density at radius 3 is 2.93 bits per heavy atom.